The average molecular weight is 407 g/mol. The number of nitrogens with zero attached hydrogens (tertiary/aromatic N) is 2. The highest BCUT2D eigenvalue weighted by molar-refractivity contribution is 6.07. The van der Waals surface area contributed by atoms with Gasteiger partial charge in [0.05, 0.1) is 25.1 Å². The number of benzene rings is 2. The van der Waals surface area contributed by atoms with Gasteiger partial charge in [0.15, 0.2) is 5.69 Å². The Morgan fingerprint density at radius 1 is 1.10 bits per heavy atom. The highest BCUT2D eigenvalue weighted by atomic mass is 16.5. The number of carbonyl (C=O) groups is 2. The van der Waals surface area contributed by atoms with Crippen LogP contribution in [0.15, 0.2) is 59.4 Å². The highest BCUT2D eigenvalue weighted by Gasteiger charge is 2.21. The number of anilines is 1. The van der Waals surface area contributed by atoms with Crippen molar-refractivity contribution in [1.82, 2.24) is 9.78 Å². The molecule has 8 nitrogen and oxygen atoms in total. The van der Waals surface area contributed by atoms with Crippen LogP contribution in [-0.2, 0) is 4.74 Å². The van der Waals surface area contributed by atoms with Gasteiger partial charge in [-0.15, -0.1) is 0 Å². The number of hydrogen-bond acceptors (Lipinski definition) is 6. The largest absolute Gasteiger partial charge is 0.497 e. The summed E-state index contributed by atoms with van der Waals surface area (Å²) in [5.41, 5.74) is 0.972. The molecule has 1 amide bonds. The fourth-order valence-corrected chi connectivity index (χ4v) is 2.81. The number of nitrogens with one attached hydrogen (secondary N) is 1. The second kappa shape index (κ2) is 9.04. The molecule has 0 aliphatic heterocycles. The van der Waals surface area contributed by atoms with Gasteiger partial charge in [-0.05, 0) is 49.7 Å². The lowest BCUT2D eigenvalue weighted by Crippen LogP contribution is -2.27. The molecule has 0 aliphatic carbocycles. The van der Waals surface area contributed by atoms with E-state index in [0.29, 0.717) is 17.0 Å². The maximum Gasteiger partial charge on any atom is 0.360 e. The van der Waals surface area contributed by atoms with Gasteiger partial charge in [0.25, 0.3) is 11.5 Å². The van der Waals surface area contributed by atoms with Crippen LogP contribution < -0.4 is 15.6 Å². The summed E-state index contributed by atoms with van der Waals surface area (Å²) in [6, 6.07) is 14.7. The summed E-state index contributed by atoms with van der Waals surface area (Å²) in [7, 11) is 1.52. The Balaban J connectivity index is 2.03. The van der Waals surface area contributed by atoms with Gasteiger partial charge < -0.3 is 14.8 Å². The summed E-state index contributed by atoms with van der Waals surface area (Å²) in [6.45, 7) is 3.60. The van der Waals surface area contributed by atoms with E-state index in [9.17, 15) is 14.4 Å². The number of amides is 1. The molecular formula is C22H21N3O5. The summed E-state index contributed by atoms with van der Waals surface area (Å²) in [6.07, 6.45) is 0. The van der Waals surface area contributed by atoms with Gasteiger partial charge in [-0.25, -0.2) is 4.79 Å². The number of aryl methyl sites for hydroxylation is 1. The van der Waals surface area contributed by atoms with Crippen molar-refractivity contribution in [1.29, 1.82) is 0 Å². The second-order valence-electron chi connectivity index (χ2n) is 6.35. The number of aromatic nitrogens is 2. The molecule has 0 saturated heterocycles. The Hall–Kier alpha value is -3.94. The summed E-state index contributed by atoms with van der Waals surface area (Å²) in [5.74, 6) is -0.649. The molecule has 0 atom stereocenters. The van der Waals surface area contributed by atoms with Crippen molar-refractivity contribution in [2.24, 2.45) is 0 Å². The molecule has 154 valence electrons. The lowest BCUT2D eigenvalue weighted by Gasteiger charge is -2.13. The number of rotatable bonds is 6. The Bertz CT molecular complexity index is 1140. The van der Waals surface area contributed by atoms with Crippen molar-refractivity contribution < 1.29 is 19.1 Å². The van der Waals surface area contributed by atoms with E-state index in [-0.39, 0.29) is 18.0 Å². The van der Waals surface area contributed by atoms with Crippen LogP contribution in [0.4, 0.5) is 5.69 Å². The second-order valence-corrected chi connectivity index (χ2v) is 6.35. The summed E-state index contributed by atoms with van der Waals surface area (Å²) in [5, 5.41) is 6.77. The molecule has 1 heterocycles. The van der Waals surface area contributed by atoms with E-state index in [1.807, 2.05) is 19.1 Å². The topological polar surface area (TPSA) is 99.5 Å². The lowest BCUT2D eigenvalue weighted by molar-refractivity contribution is 0.0518. The van der Waals surface area contributed by atoms with Crippen LogP contribution in [0, 0.1) is 6.92 Å². The molecule has 1 aromatic heterocycles. The molecule has 0 spiro atoms. The Morgan fingerprint density at radius 3 is 2.43 bits per heavy atom. The smallest absolute Gasteiger partial charge is 0.360 e. The van der Waals surface area contributed by atoms with Gasteiger partial charge in [-0.3, -0.25) is 9.59 Å². The molecule has 0 saturated carbocycles. The number of carbonyl (C=O) groups excluding carboxylic acids is 2. The zero-order valence-corrected chi connectivity index (χ0v) is 16.8. The van der Waals surface area contributed by atoms with E-state index in [2.05, 4.69) is 10.4 Å². The van der Waals surface area contributed by atoms with Gasteiger partial charge in [-0.2, -0.15) is 9.78 Å². The first-order valence-corrected chi connectivity index (χ1v) is 9.27. The van der Waals surface area contributed by atoms with Crippen LogP contribution in [0.3, 0.4) is 0 Å². The van der Waals surface area contributed by atoms with Crippen molar-refractivity contribution in [3.05, 3.63) is 81.8 Å². The van der Waals surface area contributed by atoms with E-state index in [4.69, 9.17) is 9.47 Å². The van der Waals surface area contributed by atoms with Crippen LogP contribution in [0.2, 0.25) is 0 Å². The lowest BCUT2D eigenvalue weighted by atomic mass is 10.2. The van der Waals surface area contributed by atoms with Crippen LogP contribution >= 0.6 is 0 Å². The molecule has 3 rings (SSSR count). The van der Waals surface area contributed by atoms with Crippen LogP contribution in [0.25, 0.3) is 5.69 Å². The van der Waals surface area contributed by atoms with Gasteiger partial charge >= 0.3 is 5.97 Å². The number of esters is 1. The van der Waals surface area contributed by atoms with Crippen LogP contribution in [0.1, 0.15) is 33.3 Å². The number of ether oxygens (including phenoxy) is 2. The molecule has 30 heavy (non-hydrogen) atoms. The predicted molar refractivity (Wildman–Crippen MR) is 111 cm³/mol. The normalized spacial score (nSPS) is 10.4. The first-order valence-electron chi connectivity index (χ1n) is 9.27. The quantitative estimate of drug-likeness (QED) is 0.631. The van der Waals surface area contributed by atoms with Crippen molar-refractivity contribution >= 4 is 17.6 Å². The van der Waals surface area contributed by atoms with Crippen LogP contribution in [-0.4, -0.2) is 35.4 Å². The van der Waals surface area contributed by atoms with Gasteiger partial charge in [0.2, 0.25) is 0 Å². The van der Waals surface area contributed by atoms with E-state index < -0.39 is 17.4 Å². The summed E-state index contributed by atoms with van der Waals surface area (Å²) in [4.78, 5) is 37.8. The minimum atomic E-state index is -0.745. The van der Waals surface area contributed by atoms with Crippen molar-refractivity contribution in [2.45, 2.75) is 13.8 Å². The SMILES string of the molecule is CCOC(=O)c1nn(-c2ccccc2C)c(=O)cc1NC(=O)c1ccc(OC)cc1. The zero-order valence-electron chi connectivity index (χ0n) is 16.8. The Morgan fingerprint density at radius 2 is 1.80 bits per heavy atom. The third-order valence-electron chi connectivity index (χ3n) is 4.34. The minimum absolute atomic E-state index is 0.0240. The van der Waals surface area contributed by atoms with Gasteiger partial charge in [0.1, 0.15) is 5.75 Å². The molecule has 0 radical (unpaired) electrons. The Labute approximate surface area is 173 Å². The maximum absolute atomic E-state index is 12.7. The fourth-order valence-electron chi connectivity index (χ4n) is 2.81. The standard InChI is InChI=1S/C22H21N3O5/c1-4-30-22(28)20-17(23-21(27)15-9-11-16(29-3)12-10-15)13-19(26)25(24-20)18-8-6-5-7-14(18)2/h5-13H,4H2,1-3H3,(H,23,27). The summed E-state index contributed by atoms with van der Waals surface area (Å²) >= 11 is 0. The molecule has 1 N–H and O–H groups in total. The van der Waals surface area contributed by atoms with Crippen molar-refractivity contribution in [3.8, 4) is 11.4 Å². The summed E-state index contributed by atoms with van der Waals surface area (Å²) < 4.78 is 11.3. The number of para-hydroxylation sites is 1. The first kappa shape index (κ1) is 20.8. The first-order chi connectivity index (χ1) is 14.4. The van der Waals surface area contributed by atoms with E-state index in [1.54, 1.807) is 43.3 Å². The minimum Gasteiger partial charge on any atom is -0.497 e. The van der Waals surface area contributed by atoms with Gasteiger partial charge in [0, 0.05) is 11.6 Å². The predicted octanol–water partition coefficient (Wildman–Crippen LogP) is 2.98. The van der Waals surface area contributed by atoms with Gasteiger partial charge in [-0.1, -0.05) is 18.2 Å². The number of methoxy groups -OCH3 is 1. The molecule has 0 bridgehead atoms. The van der Waals surface area contributed by atoms with E-state index in [1.165, 1.54) is 7.11 Å². The zero-order chi connectivity index (χ0) is 21.7. The molecular weight excluding hydrogens is 386 g/mol. The van der Waals surface area contributed by atoms with E-state index in [0.717, 1.165) is 16.3 Å². The fraction of sp³-hybridized carbons (Fsp3) is 0.182. The van der Waals surface area contributed by atoms with Crippen molar-refractivity contribution in [3.63, 3.8) is 0 Å². The number of hydrogen-bond donors (Lipinski definition) is 1. The monoisotopic (exact) mass is 407 g/mol. The highest BCUT2D eigenvalue weighted by Crippen LogP contribution is 2.18. The molecule has 0 aliphatic rings. The maximum atomic E-state index is 12.7. The molecule has 0 unspecified atom stereocenters. The van der Waals surface area contributed by atoms with Crippen molar-refractivity contribution in [2.75, 3.05) is 19.0 Å². The third kappa shape index (κ3) is 4.38. The van der Waals surface area contributed by atoms with Crippen LogP contribution in [0.5, 0.6) is 5.75 Å². The molecule has 3 aromatic rings. The Kier molecular flexibility index (Phi) is 6.26. The average Bonchev–Trinajstić information content (AvgIpc) is 2.74. The molecule has 2 aromatic carbocycles. The van der Waals surface area contributed by atoms with E-state index >= 15 is 0 Å². The molecule has 8 heteroatoms. The third-order valence-corrected chi connectivity index (χ3v) is 4.34. The molecule has 0 fully saturated rings.